The lowest BCUT2D eigenvalue weighted by atomic mass is 10.3. The van der Waals surface area contributed by atoms with E-state index in [9.17, 15) is 8.42 Å². The number of rotatable bonds is 3. The van der Waals surface area contributed by atoms with Crippen molar-refractivity contribution in [2.24, 2.45) is 0 Å². The van der Waals surface area contributed by atoms with Crippen LogP contribution in [0.1, 0.15) is 13.8 Å². The SMILES string of the molecule is CC(C)S(=O)(=O)Nc1ccc(N)cc1Br. The van der Waals surface area contributed by atoms with Crippen molar-refractivity contribution in [3.63, 3.8) is 0 Å². The van der Waals surface area contributed by atoms with Gasteiger partial charge in [0.15, 0.2) is 0 Å². The molecule has 1 aromatic rings. The monoisotopic (exact) mass is 292 g/mol. The quantitative estimate of drug-likeness (QED) is 0.839. The van der Waals surface area contributed by atoms with Crippen LogP contribution in [0.5, 0.6) is 0 Å². The number of hydrogen-bond donors (Lipinski definition) is 2. The summed E-state index contributed by atoms with van der Waals surface area (Å²) >= 11 is 3.24. The third-order valence-corrected chi connectivity index (χ3v) is 4.27. The zero-order chi connectivity index (χ0) is 11.6. The summed E-state index contributed by atoms with van der Waals surface area (Å²) in [5.74, 6) is 0. The Hall–Kier alpha value is -0.750. The van der Waals surface area contributed by atoms with Gasteiger partial charge in [0.2, 0.25) is 10.0 Å². The topological polar surface area (TPSA) is 72.2 Å². The van der Waals surface area contributed by atoms with Gasteiger partial charge in [0, 0.05) is 10.2 Å². The zero-order valence-corrected chi connectivity index (χ0v) is 10.9. The molecule has 1 rings (SSSR count). The molecule has 1 aromatic carbocycles. The van der Waals surface area contributed by atoms with Crippen molar-refractivity contribution in [2.75, 3.05) is 10.5 Å². The minimum atomic E-state index is -3.31. The second kappa shape index (κ2) is 4.40. The largest absolute Gasteiger partial charge is 0.399 e. The normalized spacial score (nSPS) is 11.7. The molecule has 0 saturated carbocycles. The number of halogens is 1. The molecular weight excluding hydrogens is 280 g/mol. The van der Waals surface area contributed by atoms with Crippen LogP contribution in [0.2, 0.25) is 0 Å². The van der Waals surface area contributed by atoms with Crippen LogP contribution < -0.4 is 10.5 Å². The van der Waals surface area contributed by atoms with Crippen molar-refractivity contribution >= 4 is 37.3 Å². The molecule has 84 valence electrons. The lowest BCUT2D eigenvalue weighted by Gasteiger charge is -2.12. The maximum atomic E-state index is 11.6. The summed E-state index contributed by atoms with van der Waals surface area (Å²) in [5.41, 5.74) is 6.62. The van der Waals surface area contributed by atoms with E-state index in [0.717, 1.165) is 0 Å². The van der Waals surface area contributed by atoms with Crippen molar-refractivity contribution in [1.82, 2.24) is 0 Å². The third kappa shape index (κ3) is 3.10. The van der Waals surface area contributed by atoms with E-state index in [2.05, 4.69) is 20.7 Å². The Kier molecular flexibility index (Phi) is 3.62. The fraction of sp³-hybridized carbons (Fsp3) is 0.333. The van der Waals surface area contributed by atoms with Gasteiger partial charge in [-0.15, -0.1) is 0 Å². The summed E-state index contributed by atoms with van der Waals surface area (Å²) in [4.78, 5) is 0. The molecule has 4 nitrogen and oxygen atoms in total. The van der Waals surface area contributed by atoms with Gasteiger partial charge in [-0.2, -0.15) is 0 Å². The molecule has 0 spiro atoms. The predicted molar refractivity (Wildman–Crippen MR) is 66.2 cm³/mol. The van der Waals surface area contributed by atoms with Crippen LogP contribution in [-0.4, -0.2) is 13.7 Å². The van der Waals surface area contributed by atoms with Crippen molar-refractivity contribution in [3.8, 4) is 0 Å². The summed E-state index contributed by atoms with van der Waals surface area (Å²) in [6, 6.07) is 4.92. The summed E-state index contributed by atoms with van der Waals surface area (Å²) in [6.07, 6.45) is 0. The first kappa shape index (κ1) is 12.3. The van der Waals surface area contributed by atoms with Crippen LogP contribution in [0.15, 0.2) is 22.7 Å². The Morgan fingerprint density at radius 1 is 1.40 bits per heavy atom. The standard InChI is InChI=1S/C9H13BrN2O2S/c1-6(2)15(13,14)12-9-4-3-7(11)5-8(9)10/h3-6,12H,11H2,1-2H3. The van der Waals surface area contributed by atoms with Crippen molar-refractivity contribution in [1.29, 1.82) is 0 Å². The molecule has 15 heavy (non-hydrogen) atoms. The number of hydrogen-bond acceptors (Lipinski definition) is 3. The molecule has 0 radical (unpaired) electrons. The molecule has 0 saturated heterocycles. The van der Waals surface area contributed by atoms with Gasteiger partial charge in [-0.05, 0) is 48.0 Å². The van der Waals surface area contributed by atoms with Gasteiger partial charge in [-0.1, -0.05) is 0 Å². The van der Waals surface area contributed by atoms with Crippen LogP contribution in [0.25, 0.3) is 0 Å². The van der Waals surface area contributed by atoms with Crippen molar-refractivity contribution in [2.45, 2.75) is 19.1 Å². The Morgan fingerprint density at radius 2 is 2.00 bits per heavy atom. The molecular formula is C9H13BrN2O2S. The molecule has 0 aliphatic heterocycles. The average Bonchev–Trinajstić information content (AvgIpc) is 2.09. The van der Waals surface area contributed by atoms with Gasteiger partial charge in [-0.25, -0.2) is 8.42 Å². The number of sulfonamides is 1. The lowest BCUT2D eigenvalue weighted by Crippen LogP contribution is -2.22. The van der Waals surface area contributed by atoms with Crippen LogP contribution in [0, 0.1) is 0 Å². The smallest absolute Gasteiger partial charge is 0.235 e. The van der Waals surface area contributed by atoms with E-state index in [1.54, 1.807) is 32.0 Å². The van der Waals surface area contributed by atoms with E-state index >= 15 is 0 Å². The van der Waals surface area contributed by atoms with Gasteiger partial charge in [0.1, 0.15) is 0 Å². The second-order valence-corrected chi connectivity index (χ2v) is 6.53. The molecule has 0 heterocycles. The second-order valence-electron chi connectivity index (χ2n) is 3.44. The molecule has 0 amide bonds. The van der Waals surface area contributed by atoms with E-state index in [-0.39, 0.29) is 0 Å². The van der Waals surface area contributed by atoms with Gasteiger partial charge in [0.25, 0.3) is 0 Å². The highest BCUT2D eigenvalue weighted by Gasteiger charge is 2.16. The molecule has 3 N–H and O–H groups in total. The third-order valence-electron chi connectivity index (χ3n) is 1.87. The van der Waals surface area contributed by atoms with E-state index < -0.39 is 15.3 Å². The fourth-order valence-corrected chi connectivity index (χ4v) is 2.23. The highest BCUT2D eigenvalue weighted by Crippen LogP contribution is 2.26. The van der Waals surface area contributed by atoms with E-state index in [1.165, 1.54) is 0 Å². The van der Waals surface area contributed by atoms with Crippen LogP contribution >= 0.6 is 15.9 Å². The number of nitrogen functional groups attached to an aromatic ring is 1. The summed E-state index contributed by atoms with van der Waals surface area (Å²) < 4.78 is 26.3. The van der Waals surface area contributed by atoms with Gasteiger partial charge in [-0.3, -0.25) is 4.72 Å². The molecule has 0 bridgehead atoms. The first-order valence-electron chi connectivity index (χ1n) is 4.39. The van der Waals surface area contributed by atoms with Crippen LogP contribution in [0.3, 0.4) is 0 Å². The molecule has 0 unspecified atom stereocenters. The maximum absolute atomic E-state index is 11.6. The zero-order valence-electron chi connectivity index (χ0n) is 8.49. The van der Waals surface area contributed by atoms with Gasteiger partial charge in [0.05, 0.1) is 10.9 Å². The summed E-state index contributed by atoms with van der Waals surface area (Å²) in [5, 5.41) is -0.470. The molecule has 0 fully saturated rings. The van der Waals surface area contributed by atoms with E-state index in [0.29, 0.717) is 15.8 Å². The predicted octanol–water partition coefficient (Wildman–Crippen LogP) is 2.18. The number of benzene rings is 1. The Balaban J connectivity index is 3.01. The van der Waals surface area contributed by atoms with Crippen LogP contribution in [0.4, 0.5) is 11.4 Å². The average molecular weight is 293 g/mol. The van der Waals surface area contributed by atoms with E-state index in [4.69, 9.17) is 5.73 Å². The van der Waals surface area contributed by atoms with Gasteiger partial charge >= 0.3 is 0 Å². The van der Waals surface area contributed by atoms with Gasteiger partial charge < -0.3 is 5.73 Å². The minimum absolute atomic E-state index is 0.470. The Labute approximate surface area is 98.0 Å². The minimum Gasteiger partial charge on any atom is -0.399 e. The first-order chi connectivity index (χ1) is 6.83. The Bertz CT molecular complexity index is 457. The van der Waals surface area contributed by atoms with Crippen molar-refractivity contribution < 1.29 is 8.42 Å². The molecule has 0 aromatic heterocycles. The van der Waals surface area contributed by atoms with Crippen LogP contribution in [-0.2, 0) is 10.0 Å². The highest BCUT2D eigenvalue weighted by atomic mass is 79.9. The first-order valence-corrected chi connectivity index (χ1v) is 6.73. The fourth-order valence-electron chi connectivity index (χ4n) is 0.885. The summed E-state index contributed by atoms with van der Waals surface area (Å²) in [7, 11) is -3.31. The maximum Gasteiger partial charge on any atom is 0.235 e. The Morgan fingerprint density at radius 3 is 2.47 bits per heavy atom. The lowest BCUT2D eigenvalue weighted by molar-refractivity contribution is 0.593. The summed E-state index contributed by atoms with van der Waals surface area (Å²) in [6.45, 7) is 3.24. The molecule has 0 aliphatic carbocycles. The van der Waals surface area contributed by atoms with E-state index in [1.807, 2.05) is 0 Å². The molecule has 6 heteroatoms. The number of nitrogens with one attached hydrogen (secondary N) is 1. The van der Waals surface area contributed by atoms with Crippen molar-refractivity contribution in [3.05, 3.63) is 22.7 Å². The number of anilines is 2. The highest BCUT2D eigenvalue weighted by molar-refractivity contribution is 9.10. The molecule has 0 aliphatic rings. The molecule has 0 atom stereocenters. The number of nitrogens with two attached hydrogens (primary N) is 1.